The molecule has 1 aromatic heterocycles. The Hall–Kier alpha value is -2.83. The molecular weight excluding hydrogens is 320 g/mol. The molecule has 1 saturated heterocycles. The van der Waals surface area contributed by atoms with Crippen molar-refractivity contribution in [2.45, 2.75) is 18.2 Å². The fourth-order valence-corrected chi connectivity index (χ4v) is 3.28. The number of para-hydroxylation sites is 1. The third kappa shape index (κ3) is 2.75. The molecule has 6 heteroatoms. The predicted molar refractivity (Wildman–Crippen MR) is 92.0 cm³/mol. The van der Waals surface area contributed by atoms with E-state index in [0.29, 0.717) is 0 Å². The molecule has 1 aliphatic heterocycles. The lowest BCUT2D eigenvalue weighted by atomic mass is 9.97. The van der Waals surface area contributed by atoms with Gasteiger partial charge in [-0.25, -0.2) is 0 Å². The lowest BCUT2D eigenvalue weighted by Gasteiger charge is -2.36. The van der Waals surface area contributed by atoms with Gasteiger partial charge in [-0.15, -0.1) is 0 Å². The van der Waals surface area contributed by atoms with Gasteiger partial charge in [0.25, 0.3) is 5.91 Å². The third-order valence-corrected chi connectivity index (χ3v) is 4.54. The summed E-state index contributed by atoms with van der Waals surface area (Å²) in [5.41, 5.74) is 2.47. The number of carbonyl (C=O) groups is 1. The lowest BCUT2D eigenvalue weighted by molar-refractivity contribution is -0.152. The van der Waals surface area contributed by atoms with Crippen LogP contribution in [0.1, 0.15) is 23.3 Å². The number of aliphatic hydroxyl groups is 1. The highest BCUT2D eigenvalue weighted by molar-refractivity contribution is 5.91. The number of rotatable bonds is 3. The van der Waals surface area contributed by atoms with Gasteiger partial charge < -0.3 is 25.3 Å². The van der Waals surface area contributed by atoms with E-state index >= 15 is 0 Å². The topological polar surface area (TPSA) is 94.6 Å². The van der Waals surface area contributed by atoms with Gasteiger partial charge >= 0.3 is 0 Å². The Morgan fingerprint density at radius 2 is 1.84 bits per heavy atom. The smallest absolute Gasteiger partial charge is 0.254 e. The standard InChI is InChI=1S/C19H18N2O4/c22-10-16-17(11-5-7-12(23)8-6-11)25-18(19(24)21-16)14-9-20-15-4-2-1-3-13(14)15/h1-9,16-18,20,22-23H,10H2,(H,21,24)/t16-,17-,18+/m0/s1. The van der Waals surface area contributed by atoms with Crippen LogP contribution in [0, 0.1) is 0 Å². The van der Waals surface area contributed by atoms with Crippen molar-refractivity contribution in [1.29, 1.82) is 0 Å². The van der Waals surface area contributed by atoms with Crippen molar-refractivity contribution < 1.29 is 19.7 Å². The van der Waals surface area contributed by atoms with Gasteiger partial charge in [-0.3, -0.25) is 4.79 Å². The molecule has 0 radical (unpaired) electrons. The molecule has 0 bridgehead atoms. The zero-order chi connectivity index (χ0) is 17.4. The number of H-pyrrole nitrogens is 1. The number of hydrogen-bond donors (Lipinski definition) is 4. The second-order valence-electron chi connectivity index (χ2n) is 6.12. The average Bonchev–Trinajstić information content (AvgIpc) is 3.06. The Morgan fingerprint density at radius 3 is 2.60 bits per heavy atom. The minimum absolute atomic E-state index is 0.150. The van der Waals surface area contributed by atoms with Gasteiger partial charge in [0.15, 0.2) is 6.10 Å². The summed E-state index contributed by atoms with van der Waals surface area (Å²) in [6.07, 6.45) is 0.488. The molecular formula is C19H18N2O4. The first-order chi connectivity index (χ1) is 12.2. The lowest BCUT2D eigenvalue weighted by Crippen LogP contribution is -2.50. The van der Waals surface area contributed by atoms with Crippen molar-refractivity contribution in [3.05, 3.63) is 65.9 Å². The number of aromatic hydroxyl groups is 1. The van der Waals surface area contributed by atoms with Gasteiger partial charge in [-0.1, -0.05) is 30.3 Å². The Morgan fingerprint density at radius 1 is 1.08 bits per heavy atom. The predicted octanol–water partition coefficient (Wildman–Crippen LogP) is 2.16. The third-order valence-electron chi connectivity index (χ3n) is 4.54. The molecule has 3 aromatic rings. The van der Waals surface area contributed by atoms with Crippen molar-refractivity contribution in [2.24, 2.45) is 0 Å². The van der Waals surface area contributed by atoms with E-state index in [2.05, 4.69) is 10.3 Å². The Bertz CT molecular complexity index is 903. The quantitative estimate of drug-likeness (QED) is 0.589. The highest BCUT2D eigenvalue weighted by Gasteiger charge is 2.38. The molecule has 1 fully saturated rings. The number of aromatic amines is 1. The molecule has 2 heterocycles. The number of carbonyl (C=O) groups excluding carboxylic acids is 1. The molecule has 0 unspecified atom stereocenters. The summed E-state index contributed by atoms with van der Waals surface area (Å²) < 4.78 is 6.11. The zero-order valence-electron chi connectivity index (χ0n) is 13.3. The van der Waals surface area contributed by atoms with Crippen LogP contribution < -0.4 is 5.32 Å². The van der Waals surface area contributed by atoms with Crippen molar-refractivity contribution in [2.75, 3.05) is 6.61 Å². The number of ether oxygens (including phenoxy) is 1. The summed E-state index contributed by atoms with van der Waals surface area (Å²) in [6.45, 7) is -0.238. The monoisotopic (exact) mass is 338 g/mol. The minimum atomic E-state index is -0.780. The Balaban J connectivity index is 1.71. The molecule has 4 N–H and O–H groups in total. The number of phenolic OH excluding ortho intramolecular Hbond substituents is 1. The summed E-state index contributed by atoms with van der Waals surface area (Å²) in [5, 5.41) is 22.9. The van der Waals surface area contributed by atoms with E-state index in [-0.39, 0.29) is 18.3 Å². The van der Waals surface area contributed by atoms with E-state index in [9.17, 15) is 15.0 Å². The number of nitrogens with one attached hydrogen (secondary N) is 2. The van der Waals surface area contributed by atoms with Crippen LogP contribution in [-0.4, -0.2) is 33.8 Å². The largest absolute Gasteiger partial charge is 0.508 e. The van der Waals surface area contributed by atoms with Gasteiger partial charge in [-0.05, 0) is 23.8 Å². The van der Waals surface area contributed by atoms with Crippen LogP contribution in [0.2, 0.25) is 0 Å². The van der Waals surface area contributed by atoms with Gasteiger partial charge in [0.1, 0.15) is 11.9 Å². The average molecular weight is 338 g/mol. The number of aromatic nitrogens is 1. The molecule has 0 spiro atoms. The Kier molecular flexibility index (Phi) is 3.91. The van der Waals surface area contributed by atoms with Gasteiger partial charge in [0.05, 0.1) is 12.6 Å². The number of amides is 1. The maximum Gasteiger partial charge on any atom is 0.254 e. The molecule has 25 heavy (non-hydrogen) atoms. The van der Waals surface area contributed by atoms with E-state index < -0.39 is 18.2 Å². The molecule has 0 aliphatic carbocycles. The highest BCUT2D eigenvalue weighted by Crippen LogP contribution is 2.36. The van der Waals surface area contributed by atoms with Crippen LogP contribution in [0.5, 0.6) is 5.75 Å². The minimum Gasteiger partial charge on any atom is -0.508 e. The van der Waals surface area contributed by atoms with Gasteiger partial charge in [0, 0.05) is 22.7 Å². The van der Waals surface area contributed by atoms with E-state index in [1.807, 2.05) is 24.3 Å². The SMILES string of the molecule is O=C1N[C@@H](CO)[C@H](c2ccc(O)cc2)O[C@@H]1c1c[nH]c2ccccc12. The number of fused-ring (bicyclic) bond motifs is 1. The highest BCUT2D eigenvalue weighted by atomic mass is 16.5. The van der Waals surface area contributed by atoms with Crippen LogP contribution in [-0.2, 0) is 9.53 Å². The maximum absolute atomic E-state index is 12.5. The molecule has 1 amide bonds. The molecule has 3 atom stereocenters. The normalized spacial score (nSPS) is 23.6. The number of phenols is 1. The first-order valence-corrected chi connectivity index (χ1v) is 8.09. The first kappa shape index (κ1) is 15.7. The molecule has 1 aliphatic rings. The summed E-state index contributed by atoms with van der Waals surface area (Å²) in [6, 6.07) is 13.7. The second kappa shape index (κ2) is 6.23. The maximum atomic E-state index is 12.5. The van der Waals surface area contributed by atoms with Gasteiger partial charge in [0.2, 0.25) is 0 Å². The second-order valence-corrected chi connectivity index (χ2v) is 6.12. The van der Waals surface area contributed by atoms with E-state index in [4.69, 9.17) is 4.74 Å². The molecule has 2 aromatic carbocycles. The van der Waals surface area contributed by atoms with Crippen LogP contribution in [0.3, 0.4) is 0 Å². The van der Waals surface area contributed by atoms with Crippen LogP contribution >= 0.6 is 0 Å². The summed E-state index contributed by atoms with van der Waals surface area (Å²) >= 11 is 0. The van der Waals surface area contributed by atoms with Crippen molar-refractivity contribution >= 4 is 16.8 Å². The summed E-state index contributed by atoms with van der Waals surface area (Å²) in [7, 11) is 0. The van der Waals surface area contributed by atoms with E-state index in [0.717, 1.165) is 22.0 Å². The number of aliphatic hydroxyl groups excluding tert-OH is 1. The van der Waals surface area contributed by atoms with Crippen LogP contribution in [0.25, 0.3) is 10.9 Å². The number of benzene rings is 2. The molecule has 128 valence electrons. The Labute approximate surface area is 144 Å². The summed E-state index contributed by atoms with van der Waals surface area (Å²) in [5.74, 6) is -0.129. The first-order valence-electron chi connectivity index (χ1n) is 8.09. The number of morpholine rings is 1. The summed E-state index contributed by atoms with van der Waals surface area (Å²) in [4.78, 5) is 15.7. The molecule has 6 nitrogen and oxygen atoms in total. The fraction of sp³-hybridized carbons (Fsp3) is 0.211. The van der Waals surface area contributed by atoms with E-state index in [1.54, 1.807) is 30.5 Å². The van der Waals surface area contributed by atoms with Crippen molar-refractivity contribution in [3.8, 4) is 5.75 Å². The van der Waals surface area contributed by atoms with E-state index in [1.165, 1.54) is 0 Å². The zero-order valence-corrected chi connectivity index (χ0v) is 13.3. The molecule has 0 saturated carbocycles. The van der Waals surface area contributed by atoms with Crippen molar-refractivity contribution in [1.82, 2.24) is 10.3 Å². The van der Waals surface area contributed by atoms with Crippen molar-refractivity contribution in [3.63, 3.8) is 0 Å². The number of hydrogen-bond acceptors (Lipinski definition) is 4. The fourth-order valence-electron chi connectivity index (χ4n) is 3.28. The van der Waals surface area contributed by atoms with Gasteiger partial charge in [-0.2, -0.15) is 0 Å². The van der Waals surface area contributed by atoms with Crippen LogP contribution in [0.15, 0.2) is 54.7 Å². The van der Waals surface area contributed by atoms with Crippen LogP contribution in [0.4, 0.5) is 0 Å². The molecule has 4 rings (SSSR count).